The number of carbonyl (C=O) groups is 1. The molecule has 1 aromatic carbocycles. The summed E-state index contributed by atoms with van der Waals surface area (Å²) in [5.74, 6) is 1.13. The number of fused-ring (bicyclic) bond motifs is 1. The van der Waals surface area contributed by atoms with Gasteiger partial charge in [-0.15, -0.1) is 0 Å². The van der Waals surface area contributed by atoms with Crippen molar-refractivity contribution in [2.45, 2.75) is 18.4 Å². The topological polar surface area (TPSA) is 94.3 Å². The monoisotopic (exact) mass is 411 g/mol. The SMILES string of the molecule is COc1ccc(-c2nc(C(=O)NC3(CO)CCOCC3)n3ccccc23)cc1OC. The number of aliphatic hydroxyl groups is 1. The number of methoxy groups -OCH3 is 2. The first-order chi connectivity index (χ1) is 14.6. The molecule has 1 aliphatic rings. The Morgan fingerprint density at radius 2 is 1.97 bits per heavy atom. The molecule has 0 unspecified atom stereocenters. The van der Waals surface area contributed by atoms with E-state index in [1.807, 2.05) is 36.4 Å². The maximum atomic E-state index is 13.2. The Hall–Kier alpha value is -3.10. The summed E-state index contributed by atoms with van der Waals surface area (Å²) >= 11 is 0. The summed E-state index contributed by atoms with van der Waals surface area (Å²) in [5, 5.41) is 12.9. The van der Waals surface area contributed by atoms with Crippen LogP contribution in [0.25, 0.3) is 16.8 Å². The zero-order chi connectivity index (χ0) is 21.1. The fourth-order valence-corrected chi connectivity index (χ4v) is 3.78. The minimum atomic E-state index is -0.695. The molecule has 2 aromatic heterocycles. The Balaban J connectivity index is 1.75. The third-order valence-corrected chi connectivity index (χ3v) is 5.54. The van der Waals surface area contributed by atoms with Crippen molar-refractivity contribution in [2.75, 3.05) is 34.0 Å². The van der Waals surface area contributed by atoms with Crippen LogP contribution in [0.5, 0.6) is 11.5 Å². The van der Waals surface area contributed by atoms with Crippen molar-refractivity contribution in [3.8, 4) is 22.8 Å². The van der Waals surface area contributed by atoms with Crippen molar-refractivity contribution >= 4 is 11.4 Å². The van der Waals surface area contributed by atoms with Crippen LogP contribution < -0.4 is 14.8 Å². The first kappa shape index (κ1) is 20.2. The van der Waals surface area contributed by atoms with Gasteiger partial charge in [0.05, 0.1) is 37.6 Å². The molecule has 1 amide bonds. The minimum absolute atomic E-state index is 0.145. The van der Waals surface area contributed by atoms with Crippen LogP contribution in [0.1, 0.15) is 23.5 Å². The van der Waals surface area contributed by atoms with Crippen LogP contribution in [0.15, 0.2) is 42.6 Å². The second-order valence-electron chi connectivity index (χ2n) is 7.31. The van der Waals surface area contributed by atoms with Gasteiger partial charge in [0.15, 0.2) is 11.5 Å². The molecule has 1 saturated heterocycles. The lowest BCUT2D eigenvalue weighted by Crippen LogP contribution is -2.54. The van der Waals surface area contributed by atoms with Crippen molar-refractivity contribution in [3.63, 3.8) is 0 Å². The minimum Gasteiger partial charge on any atom is -0.493 e. The molecule has 1 aliphatic heterocycles. The molecule has 3 heterocycles. The molecule has 30 heavy (non-hydrogen) atoms. The highest BCUT2D eigenvalue weighted by molar-refractivity contribution is 5.95. The fourth-order valence-electron chi connectivity index (χ4n) is 3.78. The fraction of sp³-hybridized carbons (Fsp3) is 0.364. The number of nitrogens with zero attached hydrogens (tertiary/aromatic N) is 2. The molecule has 0 radical (unpaired) electrons. The van der Waals surface area contributed by atoms with E-state index < -0.39 is 5.54 Å². The zero-order valence-electron chi connectivity index (χ0n) is 17.1. The highest BCUT2D eigenvalue weighted by Gasteiger charge is 2.35. The van der Waals surface area contributed by atoms with E-state index in [1.54, 1.807) is 24.8 Å². The normalized spacial score (nSPS) is 15.7. The average Bonchev–Trinajstić information content (AvgIpc) is 3.19. The van der Waals surface area contributed by atoms with Gasteiger partial charge in [-0.25, -0.2) is 4.98 Å². The lowest BCUT2D eigenvalue weighted by atomic mass is 9.91. The number of ether oxygens (including phenoxy) is 3. The van der Waals surface area contributed by atoms with Gasteiger partial charge >= 0.3 is 0 Å². The van der Waals surface area contributed by atoms with Crippen molar-refractivity contribution in [1.82, 2.24) is 14.7 Å². The van der Waals surface area contributed by atoms with Crippen molar-refractivity contribution in [2.24, 2.45) is 0 Å². The first-order valence-corrected chi connectivity index (χ1v) is 9.81. The molecular weight excluding hydrogens is 386 g/mol. The number of aliphatic hydroxyl groups excluding tert-OH is 1. The Kier molecular flexibility index (Phi) is 5.61. The summed E-state index contributed by atoms with van der Waals surface area (Å²) in [6, 6.07) is 11.2. The van der Waals surface area contributed by atoms with E-state index in [4.69, 9.17) is 14.2 Å². The van der Waals surface area contributed by atoms with Crippen LogP contribution >= 0.6 is 0 Å². The number of rotatable bonds is 6. The van der Waals surface area contributed by atoms with Gasteiger partial charge in [-0.3, -0.25) is 9.20 Å². The Bertz CT molecular complexity index is 1060. The Labute approximate surface area is 174 Å². The standard InChI is InChI=1S/C22H25N3O5/c1-28-17-7-6-15(13-18(17)29-2)19-16-5-3-4-10-25(16)20(23-19)21(27)24-22(14-26)8-11-30-12-9-22/h3-7,10,13,26H,8-9,11-12,14H2,1-2H3,(H,24,27). The number of aromatic nitrogens is 2. The van der Waals surface area contributed by atoms with E-state index in [9.17, 15) is 9.90 Å². The van der Waals surface area contributed by atoms with Gasteiger partial charge in [0.2, 0.25) is 5.82 Å². The van der Waals surface area contributed by atoms with E-state index in [0.29, 0.717) is 43.2 Å². The van der Waals surface area contributed by atoms with Crippen molar-refractivity contribution in [3.05, 3.63) is 48.4 Å². The van der Waals surface area contributed by atoms with Crippen molar-refractivity contribution < 1.29 is 24.1 Å². The molecule has 3 aromatic rings. The number of pyridine rings is 1. The van der Waals surface area contributed by atoms with Gasteiger partial charge < -0.3 is 24.6 Å². The number of hydrogen-bond acceptors (Lipinski definition) is 6. The van der Waals surface area contributed by atoms with Crippen LogP contribution in [0.3, 0.4) is 0 Å². The molecule has 0 bridgehead atoms. The number of hydrogen-bond donors (Lipinski definition) is 2. The molecule has 0 atom stereocenters. The van der Waals surface area contributed by atoms with Crippen LogP contribution in [0.4, 0.5) is 0 Å². The molecule has 0 saturated carbocycles. The van der Waals surface area contributed by atoms with Crippen LogP contribution in [-0.2, 0) is 4.74 Å². The van der Waals surface area contributed by atoms with Gasteiger partial charge in [0.1, 0.15) is 0 Å². The molecule has 8 heteroatoms. The molecule has 0 spiro atoms. The highest BCUT2D eigenvalue weighted by atomic mass is 16.5. The van der Waals surface area contributed by atoms with Gasteiger partial charge in [0, 0.05) is 25.0 Å². The van der Waals surface area contributed by atoms with Gasteiger partial charge in [0.25, 0.3) is 5.91 Å². The van der Waals surface area contributed by atoms with Crippen LogP contribution in [0, 0.1) is 0 Å². The second kappa shape index (κ2) is 8.33. The van der Waals surface area contributed by atoms with E-state index >= 15 is 0 Å². The lowest BCUT2D eigenvalue weighted by molar-refractivity contribution is 0.0123. The maximum absolute atomic E-state index is 13.2. The summed E-state index contributed by atoms with van der Waals surface area (Å²) in [4.78, 5) is 17.8. The molecule has 8 nitrogen and oxygen atoms in total. The number of carbonyl (C=O) groups excluding carboxylic acids is 1. The lowest BCUT2D eigenvalue weighted by Gasteiger charge is -2.36. The molecule has 1 fully saturated rings. The summed E-state index contributed by atoms with van der Waals surface area (Å²) in [6.07, 6.45) is 2.92. The van der Waals surface area contributed by atoms with Gasteiger partial charge in [-0.2, -0.15) is 0 Å². The van der Waals surface area contributed by atoms with Crippen LogP contribution in [-0.4, -0.2) is 60.0 Å². The summed E-state index contributed by atoms with van der Waals surface area (Å²) in [5.41, 5.74) is 1.56. The number of nitrogens with one attached hydrogen (secondary N) is 1. The van der Waals surface area contributed by atoms with E-state index in [2.05, 4.69) is 10.3 Å². The van der Waals surface area contributed by atoms with E-state index in [-0.39, 0.29) is 18.3 Å². The first-order valence-electron chi connectivity index (χ1n) is 9.81. The smallest absolute Gasteiger partial charge is 0.288 e. The van der Waals surface area contributed by atoms with Crippen molar-refractivity contribution in [1.29, 1.82) is 0 Å². The summed E-state index contributed by atoms with van der Waals surface area (Å²) in [7, 11) is 3.16. The molecule has 4 rings (SSSR count). The predicted octanol–water partition coefficient (Wildman–Crippen LogP) is 2.29. The highest BCUT2D eigenvalue weighted by Crippen LogP contribution is 2.34. The largest absolute Gasteiger partial charge is 0.493 e. The van der Waals surface area contributed by atoms with E-state index in [1.165, 1.54) is 0 Å². The number of benzene rings is 1. The third kappa shape index (κ3) is 3.59. The Morgan fingerprint density at radius 1 is 1.20 bits per heavy atom. The molecular formula is C22H25N3O5. The second-order valence-corrected chi connectivity index (χ2v) is 7.31. The predicted molar refractivity (Wildman–Crippen MR) is 111 cm³/mol. The molecule has 158 valence electrons. The summed E-state index contributed by atoms with van der Waals surface area (Å²) < 4.78 is 17.9. The van der Waals surface area contributed by atoms with Gasteiger partial charge in [-0.05, 0) is 43.2 Å². The van der Waals surface area contributed by atoms with Crippen LogP contribution in [0.2, 0.25) is 0 Å². The zero-order valence-corrected chi connectivity index (χ0v) is 17.1. The Morgan fingerprint density at radius 3 is 2.67 bits per heavy atom. The number of amides is 1. The third-order valence-electron chi connectivity index (χ3n) is 5.54. The van der Waals surface area contributed by atoms with Gasteiger partial charge in [-0.1, -0.05) is 6.07 Å². The molecule has 0 aliphatic carbocycles. The maximum Gasteiger partial charge on any atom is 0.288 e. The number of imidazole rings is 1. The quantitative estimate of drug-likeness (QED) is 0.646. The average molecular weight is 411 g/mol. The molecule has 2 N–H and O–H groups in total. The van der Waals surface area contributed by atoms with E-state index in [0.717, 1.165) is 11.1 Å². The summed E-state index contributed by atoms with van der Waals surface area (Å²) in [6.45, 7) is 0.855.